The molecule has 2 aromatic rings. The normalized spacial score (nSPS) is 10.2. The van der Waals surface area contributed by atoms with Crippen molar-refractivity contribution in [3.05, 3.63) is 59.9 Å². The number of rotatable bonds is 7. The number of amides is 2. The molecule has 0 bridgehead atoms. The average molecular weight is 344 g/mol. The van der Waals surface area contributed by atoms with Crippen LogP contribution in [0.3, 0.4) is 0 Å². The van der Waals surface area contributed by atoms with Gasteiger partial charge in [-0.15, -0.1) is 0 Å². The van der Waals surface area contributed by atoms with Crippen LogP contribution < -0.4 is 15.0 Å². The van der Waals surface area contributed by atoms with E-state index >= 15 is 0 Å². The fraction of sp³-hybridized carbons (Fsp3) is 0.263. The Labute approximate surface area is 146 Å². The number of hydrogen-bond donors (Lipinski definition) is 1. The first-order valence-electron chi connectivity index (χ1n) is 8.02. The van der Waals surface area contributed by atoms with Crippen molar-refractivity contribution in [3.63, 3.8) is 0 Å². The molecule has 0 aliphatic heterocycles. The molecule has 0 heterocycles. The first kappa shape index (κ1) is 18.4. The predicted molar refractivity (Wildman–Crippen MR) is 93.9 cm³/mol. The van der Waals surface area contributed by atoms with Crippen LogP contribution in [0.2, 0.25) is 0 Å². The van der Waals surface area contributed by atoms with E-state index in [0.29, 0.717) is 18.0 Å². The fourth-order valence-corrected chi connectivity index (χ4v) is 2.33. The van der Waals surface area contributed by atoms with E-state index in [1.165, 1.54) is 24.0 Å². The fourth-order valence-electron chi connectivity index (χ4n) is 2.33. The number of nitrogens with one attached hydrogen (secondary N) is 1. The molecule has 6 heteroatoms. The van der Waals surface area contributed by atoms with E-state index in [4.69, 9.17) is 4.74 Å². The first-order chi connectivity index (χ1) is 12.0. The zero-order chi connectivity index (χ0) is 18.2. The highest BCUT2D eigenvalue weighted by Crippen LogP contribution is 2.28. The van der Waals surface area contributed by atoms with Gasteiger partial charge in [0.25, 0.3) is 0 Å². The lowest BCUT2D eigenvalue weighted by molar-refractivity contribution is -0.123. The highest BCUT2D eigenvalue weighted by atomic mass is 19.1. The lowest BCUT2D eigenvalue weighted by Crippen LogP contribution is -2.39. The number of nitrogens with zero attached hydrogens (tertiary/aromatic N) is 1. The van der Waals surface area contributed by atoms with Gasteiger partial charge in [0, 0.05) is 13.5 Å². The van der Waals surface area contributed by atoms with Crippen LogP contribution >= 0.6 is 0 Å². The summed E-state index contributed by atoms with van der Waals surface area (Å²) in [5.41, 5.74) is 1.33. The predicted octanol–water partition coefficient (Wildman–Crippen LogP) is 2.89. The number of hydrogen-bond acceptors (Lipinski definition) is 3. The van der Waals surface area contributed by atoms with Gasteiger partial charge in [-0.25, -0.2) is 4.39 Å². The number of para-hydroxylation sites is 2. The van der Waals surface area contributed by atoms with E-state index in [1.807, 2.05) is 6.92 Å². The van der Waals surface area contributed by atoms with Gasteiger partial charge in [0.15, 0.2) is 0 Å². The van der Waals surface area contributed by atoms with Crippen molar-refractivity contribution in [2.45, 2.75) is 20.4 Å². The number of anilines is 1. The molecule has 132 valence electrons. The Bertz CT molecular complexity index is 732. The molecule has 0 fully saturated rings. The van der Waals surface area contributed by atoms with Crippen molar-refractivity contribution < 1.29 is 18.7 Å². The maximum absolute atomic E-state index is 12.9. The number of carbonyl (C=O) groups excluding carboxylic acids is 2. The Morgan fingerprint density at radius 2 is 1.80 bits per heavy atom. The summed E-state index contributed by atoms with van der Waals surface area (Å²) in [5.74, 6) is -0.355. The molecule has 25 heavy (non-hydrogen) atoms. The molecule has 0 aliphatic carbocycles. The highest BCUT2D eigenvalue weighted by molar-refractivity contribution is 5.98. The summed E-state index contributed by atoms with van der Waals surface area (Å²) in [6.07, 6.45) is 0. The van der Waals surface area contributed by atoms with Gasteiger partial charge in [0.05, 0.1) is 12.3 Å². The lowest BCUT2D eigenvalue weighted by atomic mass is 10.2. The van der Waals surface area contributed by atoms with Crippen LogP contribution in [0.5, 0.6) is 5.75 Å². The smallest absolute Gasteiger partial charge is 0.240 e. The van der Waals surface area contributed by atoms with E-state index in [1.54, 1.807) is 36.4 Å². The van der Waals surface area contributed by atoms with Crippen molar-refractivity contribution in [2.75, 3.05) is 18.1 Å². The van der Waals surface area contributed by atoms with E-state index in [-0.39, 0.29) is 30.7 Å². The molecule has 2 amide bonds. The largest absolute Gasteiger partial charge is 0.492 e. The van der Waals surface area contributed by atoms with Gasteiger partial charge >= 0.3 is 0 Å². The second kappa shape index (κ2) is 8.82. The molecule has 0 atom stereocenters. The van der Waals surface area contributed by atoms with Crippen LogP contribution in [0.15, 0.2) is 48.5 Å². The van der Waals surface area contributed by atoms with Crippen LogP contribution in [0.4, 0.5) is 10.1 Å². The third kappa shape index (κ3) is 5.31. The van der Waals surface area contributed by atoms with E-state index in [9.17, 15) is 14.0 Å². The molecule has 0 radical (unpaired) electrons. The van der Waals surface area contributed by atoms with Gasteiger partial charge in [-0.2, -0.15) is 0 Å². The van der Waals surface area contributed by atoms with Crippen LogP contribution in [0.1, 0.15) is 19.4 Å². The third-order valence-corrected chi connectivity index (χ3v) is 3.54. The number of halogens is 1. The number of ether oxygens (including phenoxy) is 1. The highest BCUT2D eigenvalue weighted by Gasteiger charge is 2.19. The quantitative estimate of drug-likeness (QED) is 0.840. The third-order valence-electron chi connectivity index (χ3n) is 3.54. The molecule has 5 nitrogen and oxygen atoms in total. The van der Waals surface area contributed by atoms with Crippen molar-refractivity contribution in [1.82, 2.24) is 5.32 Å². The van der Waals surface area contributed by atoms with Gasteiger partial charge in [-0.05, 0) is 36.8 Å². The second-order valence-corrected chi connectivity index (χ2v) is 5.41. The maximum Gasteiger partial charge on any atom is 0.240 e. The van der Waals surface area contributed by atoms with Gasteiger partial charge in [0.1, 0.15) is 18.1 Å². The minimum Gasteiger partial charge on any atom is -0.492 e. The molecular weight excluding hydrogens is 323 g/mol. The van der Waals surface area contributed by atoms with Crippen molar-refractivity contribution in [3.8, 4) is 5.75 Å². The topological polar surface area (TPSA) is 58.6 Å². The molecular formula is C19H21FN2O3. The van der Waals surface area contributed by atoms with E-state index < -0.39 is 0 Å². The zero-order valence-electron chi connectivity index (χ0n) is 14.3. The number of carbonyl (C=O) groups is 2. The monoisotopic (exact) mass is 344 g/mol. The lowest BCUT2D eigenvalue weighted by Gasteiger charge is -2.23. The molecule has 0 unspecified atom stereocenters. The van der Waals surface area contributed by atoms with Crippen LogP contribution in [-0.4, -0.2) is 25.0 Å². The standard InChI is InChI=1S/C19H21FN2O3/c1-3-25-18-7-5-4-6-17(18)22(14(2)23)13-19(24)21-12-15-8-10-16(20)11-9-15/h4-11H,3,12-13H2,1-2H3,(H,21,24). The van der Waals surface area contributed by atoms with Gasteiger partial charge < -0.3 is 10.1 Å². The summed E-state index contributed by atoms with van der Waals surface area (Å²) in [4.78, 5) is 25.6. The minimum atomic E-state index is -0.328. The van der Waals surface area contributed by atoms with Crippen molar-refractivity contribution >= 4 is 17.5 Å². The molecule has 2 rings (SSSR count). The Kier molecular flexibility index (Phi) is 6.51. The summed E-state index contributed by atoms with van der Waals surface area (Å²) < 4.78 is 18.4. The summed E-state index contributed by atoms with van der Waals surface area (Å²) in [6, 6.07) is 12.9. The Morgan fingerprint density at radius 1 is 1.12 bits per heavy atom. The molecule has 0 aromatic heterocycles. The van der Waals surface area contributed by atoms with Gasteiger partial charge in [0.2, 0.25) is 11.8 Å². The van der Waals surface area contributed by atoms with Crippen LogP contribution in [0.25, 0.3) is 0 Å². The molecule has 0 spiro atoms. The van der Waals surface area contributed by atoms with E-state index in [0.717, 1.165) is 5.56 Å². The summed E-state index contributed by atoms with van der Waals surface area (Å²) in [6.45, 7) is 3.85. The van der Waals surface area contributed by atoms with Crippen molar-refractivity contribution in [1.29, 1.82) is 0 Å². The zero-order valence-corrected chi connectivity index (χ0v) is 14.3. The summed E-state index contributed by atoms with van der Waals surface area (Å²) in [5, 5.41) is 2.73. The SMILES string of the molecule is CCOc1ccccc1N(CC(=O)NCc1ccc(F)cc1)C(C)=O. The Balaban J connectivity index is 2.05. The second-order valence-electron chi connectivity index (χ2n) is 5.41. The number of benzene rings is 2. The first-order valence-corrected chi connectivity index (χ1v) is 8.02. The molecule has 0 saturated heterocycles. The van der Waals surface area contributed by atoms with Crippen molar-refractivity contribution in [2.24, 2.45) is 0 Å². The Morgan fingerprint density at radius 3 is 2.44 bits per heavy atom. The minimum absolute atomic E-state index is 0.124. The van der Waals surface area contributed by atoms with Gasteiger partial charge in [-0.3, -0.25) is 14.5 Å². The Hall–Kier alpha value is -2.89. The van der Waals surface area contributed by atoms with Crippen LogP contribution in [0, 0.1) is 5.82 Å². The van der Waals surface area contributed by atoms with E-state index in [2.05, 4.69) is 5.32 Å². The molecule has 0 saturated carbocycles. The average Bonchev–Trinajstić information content (AvgIpc) is 2.60. The van der Waals surface area contributed by atoms with Gasteiger partial charge in [-0.1, -0.05) is 24.3 Å². The maximum atomic E-state index is 12.9. The summed E-state index contributed by atoms with van der Waals surface area (Å²) in [7, 11) is 0. The van der Waals surface area contributed by atoms with Crippen LogP contribution in [-0.2, 0) is 16.1 Å². The molecule has 0 aliphatic rings. The summed E-state index contributed by atoms with van der Waals surface area (Å²) >= 11 is 0. The molecule has 1 N–H and O–H groups in total. The molecule has 2 aromatic carbocycles.